The maximum Gasteiger partial charge on any atom is 0.239 e. The van der Waals surface area contributed by atoms with E-state index in [9.17, 15) is 14.4 Å². The first kappa shape index (κ1) is 13.4. The SMILES string of the molecule is CNC(=O)CNC(=O)CNC(=O)C(C)N. The second kappa shape index (κ2) is 6.77. The van der Waals surface area contributed by atoms with Crippen molar-refractivity contribution in [3.8, 4) is 0 Å². The molecule has 5 N–H and O–H groups in total. The van der Waals surface area contributed by atoms with Crippen LogP contribution in [-0.4, -0.2) is 43.9 Å². The van der Waals surface area contributed by atoms with E-state index in [1.807, 2.05) is 0 Å². The Balaban J connectivity index is 3.67. The number of hydrogen-bond acceptors (Lipinski definition) is 4. The quantitative estimate of drug-likeness (QED) is 0.401. The van der Waals surface area contributed by atoms with Gasteiger partial charge in [0.2, 0.25) is 17.7 Å². The lowest BCUT2D eigenvalue weighted by Crippen LogP contribution is -2.45. The molecule has 7 heteroatoms. The first-order valence-corrected chi connectivity index (χ1v) is 4.48. The molecule has 0 spiro atoms. The number of amides is 3. The van der Waals surface area contributed by atoms with Crippen LogP contribution in [0.3, 0.4) is 0 Å². The largest absolute Gasteiger partial charge is 0.358 e. The molecule has 0 aromatic rings. The maximum absolute atomic E-state index is 11.0. The van der Waals surface area contributed by atoms with Gasteiger partial charge in [-0.1, -0.05) is 0 Å². The summed E-state index contributed by atoms with van der Waals surface area (Å²) in [5.74, 6) is -1.15. The third-order valence-corrected chi connectivity index (χ3v) is 1.56. The molecule has 0 fully saturated rings. The molecule has 0 heterocycles. The Labute approximate surface area is 87.8 Å². The molecule has 15 heavy (non-hydrogen) atoms. The molecule has 1 atom stereocenters. The highest BCUT2D eigenvalue weighted by molar-refractivity contribution is 5.89. The molecule has 3 amide bonds. The van der Waals surface area contributed by atoms with Gasteiger partial charge in [0, 0.05) is 7.05 Å². The van der Waals surface area contributed by atoms with Crippen LogP contribution in [0.4, 0.5) is 0 Å². The second-order valence-electron chi connectivity index (χ2n) is 2.96. The maximum atomic E-state index is 11.0. The van der Waals surface area contributed by atoms with Gasteiger partial charge >= 0.3 is 0 Å². The van der Waals surface area contributed by atoms with Crippen LogP contribution in [0, 0.1) is 0 Å². The van der Waals surface area contributed by atoms with Crippen molar-refractivity contribution in [3.05, 3.63) is 0 Å². The highest BCUT2D eigenvalue weighted by Gasteiger charge is 2.09. The summed E-state index contributed by atoms with van der Waals surface area (Å²) in [6.07, 6.45) is 0. The van der Waals surface area contributed by atoms with Gasteiger partial charge in [-0.25, -0.2) is 0 Å². The number of carbonyl (C=O) groups excluding carboxylic acids is 3. The molecule has 1 unspecified atom stereocenters. The van der Waals surface area contributed by atoms with E-state index in [1.54, 1.807) is 0 Å². The van der Waals surface area contributed by atoms with Crippen molar-refractivity contribution in [2.45, 2.75) is 13.0 Å². The molecule has 0 aliphatic rings. The summed E-state index contributed by atoms with van der Waals surface area (Å²) in [6, 6.07) is -0.656. The fraction of sp³-hybridized carbons (Fsp3) is 0.625. The number of nitrogens with one attached hydrogen (secondary N) is 3. The topological polar surface area (TPSA) is 113 Å². The van der Waals surface area contributed by atoms with Crippen molar-refractivity contribution >= 4 is 17.7 Å². The van der Waals surface area contributed by atoms with Crippen molar-refractivity contribution in [1.29, 1.82) is 0 Å². The van der Waals surface area contributed by atoms with E-state index in [2.05, 4.69) is 16.0 Å². The molecule has 0 radical (unpaired) electrons. The normalized spacial score (nSPS) is 11.4. The Hall–Kier alpha value is -1.63. The van der Waals surface area contributed by atoms with E-state index < -0.39 is 17.9 Å². The Kier molecular flexibility index (Phi) is 6.03. The minimum atomic E-state index is -0.656. The third kappa shape index (κ3) is 6.44. The summed E-state index contributed by atoms with van der Waals surface area (Å²) in [5.41, 5.74) is 5.26. The van der Waals surface area contributed by atoms with Gasteiger partial charge in [-0.3, -0.25) is 14.4 Å². The predicted octanol–water partition coefficient (Wildman–Crippen LogP) is -2.69. The van der Waals surface area contributed by atoms with Crippen molar-refractivity contribution in [1.82, 2.24) is 16.0 Å². The lowest BCUT2D eigenvalue weighted by molar-refractivity contribution is -0.127. The summed E-state index contributed by atoms with van der Waals surface area (Å²) < 4.78 is 0. The fourth-order valence-electron chi connectivity index (χ4n) is 0.658. The molecule has 0 rings (SSSR count). The van der Waals surface area contributed by atoms with E-state index in [0.717, 1.165) is 0 Å². The number of hydrogen-bond donors (Lipinski definition) is 4. The van der Waals surface area contributed by atoms with Crippen LogP contribution in [0.15, 0.2) is 0 Å². The van der Waals surface area contributed by atoms with Crippen LogP contribution >= 0.6 is 0 Å². The highest BCUT2D eigenvalue weighted by Crippen LogP contribution is 1.74. The van der Waals surface area contributed by atoms with Crippen LogP contribution in [0.25, 0.3) is 0 Å². The van der Waals surface area contributed by atoms with Crippen LogP contribution in [0.1, 0.15) is 6.92 Å². The van der Waals surface area contributed by atoms with Crippen molar-refractivity contribution in [3.63, 3.8) is 0 Å². The number of rotatable bonds is 5. The molecule has 0 aliphatic heterocycles. The van der Waals surface area contributed by atoms with E-state index in [1.165, 1.54) is 14.0 Å². The molecule has 0 bridgehead atoms. The molecular formula is C8H16N4O3. The average Bonchev–Trinajstić information content (AvgIpc) is 2.21. The summed E-state index contributed by atoms with van der Waals surface area (Å²) in [7, 11) is 1.46. The van der Waals surface area contributed by atoms with Gasteiger partial charge in [0.05, 0.1) is 19.1 Å². The van der Waals surface area contributed by atoms with E-state index in [4.69, 9.17) is 5.73 Å². The Morgan fingerprint density at radius 2 is 1.67 bits per heavy atom. The van der Waals surface area contributed by atoms with Crippen LogP contribution in [0.2, 0.25) is 0 Å². The highest BCUT2D eigenvalue weighted by atomic mass is 16.2. The first-order chi connectivity index (χ1) is 6.97. The minimum absolute atomic E-state index is 0.108. The third-order valence-electron chi connectivity index (χ3n) is 1.56. The van der Waals surface area contributed by atoms with Crippen LogP contribution in [0.5, 0.6) is 0 Å². The number of likely N-dealkylation sites (N-methyl/N-ethyl adjacent to an activating group) is 1. The Morgan fingerprint density at radius 3 is 2.13 bits per heavy atom. The lowest BCUT2D eigenvalue weighted by Gasteiger charge is -2.07. The predicted molar refractivity (Wildman–Crippen MR) is 53.7 cm³/mol. The second-order valence-corrected chi connectivity index (χ2v) is 2.96. The first-order valence-electron chi connectivity index (χ1n) is 4.48. The molecule has 0 saturated carbocycles. The van der Waals surface area contributed by atoms with E-state index >= 15 is 0 Å². The number of carbonyl (C=O) groups is 3. The summed E-state index contributed by atoms with van der Waals surface area (Å²) >= 11 is 0. The van der Waals surface area contributed by atoms with Gasteiger partial charge in [-0.15, -0.1) is 0 Å². The van der Waals surface area contributed by atoms with Crippen molar-refractivity contribution < 1.29 is 14.4 Å². The molecule has 0 aliphatic carbocycles. The zero-order chi connectivity index (χ0) is 11.8. The number of nitrogens with two attached hydrogens (primary N) is 1. The van der Waals surface area contributed by atoms with E-state index in [-0.39, 0.29) is 19.0 Å². The molecule has 0 aromatic carbocycles. The standard InChI is InChI=1S/C8H16N4O3/c1-5(9)8(15)12-4-7(14)11-3-6(13)10-2/h5H,3-4,9H2,1-2H3,(H,10,13)(H,11,14)(H,12,15). The monoisotopic (exact) mass is 216 g/mol. The molecule has 86 valence electrons. The van der Waals surface area contributed by atoms with Gasteiger partial charge in [0.1, 0.15) is 0 Å². The smallest absolute Gasteiger partial charge is 0.239 e. The Bertz CT molecular complexity index is 252. The molecule has 7 nitrogen and oxygen atoms in total. The summed E-state index contributed by atoms with van der Waals surface area (Å²) in [4.78, 5) is 32.7. The van der Waals surface area contributed by atoms with Crippen LogP contribution < -0.4 is 21.7 Å². The van der Waals surface area contributed by atoms with Gasteiger partial charge in [-0.05, 0) is 6.92 Å². The summed E-state index contributed by atoms with van der Waals surface area (Å²) in [6.45, 7) is 1.22. The zero-order valence-electron chi connectivity index (χ0n) is 8.79. The molecular weight excluding hydrogens is 200 g/mol. The summed E-state index contributed by atoms with van der Waals surface area (Å²) in [5, 5.41) is 6.98. The van der Waals surface area contributed by atoms with Crippen molar-refractivity contribution in [2.24, 2.45) is 5.73 Å². The average molecular weight is 216 g/mol. The van der Waals surface area contributed by atoms with E-state index in [0.29, 0.717) is 0 Å². The lowest BCUT2D eigenvalue weighted by atomic mass is 10.3. The van der Waals surface area contributed by atoms with Gasteiger partial charge in [0.15, 0.2) is 0 Å². The Morgan fingerprint density at radius 1 is 1.13 bits per heavy atom. The van der Waals surface area contributed by atoms with Crippen LogP contribution in [-0.2, 0) is 14.4 Å². The minimum Gasteiger partial charge on any atom is -0.358 e. The van der Waals surface area contributed by atoms with Gasteiger partial charge in [0.25, 0.3) is 0 Å². The zero-order valence-corrected chi connectivity index (χ0v) is 8.79. The van der Waals surface area contributed by atoms with Crippen molar-refractivity contribution in [2.75, 3.05) is 20.1 Å². The molecule has 0 aromatic heterocycles. The molecule has 0 saturated heterocycles. The fourth-order valence-corrected chi connectivity index (χ4v) is 0.658. The van der Waals surface area contributed by atoms with Gasteiger partial charge < -0.3 is 21.7 Å². The van der Waals surface area contributed by atoms with Gasteiger partial charge in [-0.2, -0.15) is 0 Å².